The van der Waals surface area contributed by atoms with Crippen molar-refractivity contribution in [3.8, 4) is 0 Å². The van der Waals surface area contributed by atoms with Gasteiger partial charge in [-0.25, -0.2) is 0 Å². The summed E-state index contributed by atoms with van der Waals surface area (Å²) in [6.07, 6.45) is 1.45. The lowest BCUT2D eigenvalue weighted by atomic mass is 10.1. The third-order valence-corrected chi connectivity index (χ3v) is 2.51. The normalized spacial score (nSPS) is 10.3. The summed E-state index contributed by atoms with van der Waals surface area (Å²) in [5, 5.41) is 5.24. The number of carbonyl (C=O) groups excluding carboxylic acids is 1. The number of hydrogen-bond donors (Lipinski definition) is 1. The predicted molar refractivity (Wildman–Crippen MR) is 67.5 cm³/mol. The zero-order valence-corrected chi connectivity index (χ0v) is 9.36. The number of amides is 1. The fourth-order valence-electron chi connectivity index (χ4n) is 1.72. The van der Waals surface area contributed by atoms with Gasteiger partial charge in [-0.15, -0.1) is 0 Å². The van der Waals surface area contributed by atoms with Crippen LogP contribution in [0.2, 0.25) is 0 Å². The molecule has 0 aliphatic heterocycles. The van der Waals surface area contributed by atoms with Crippen LogP contribution in [0.25, 0.3) is 10.8 Å². The SMILES string of the molecule is CCCC(=O)Nc1ccc2ccccc2c1. The Morgan fingerprint density at radius 1 is 1.12 bits per heavy atom. The fourth-order valence-corrected chi connectivity index (χ4v) is 1.72. The second-order valence-electron chi connectivity index (χ2n) is 3.86. The molecule has 2 nitrogen and oxygen atoms in total. The second-order valence-corrected chi connectivity index (χ2v) is 3.86. The summed E-state index contributed by atoms with van der Waals surface area (Å²) in [6, 6.07) is 14.1. The van der Waals surface area contributed by atoms with E-state index in [0.717, 1.165) is 17.5 Å². The van der Waals surface area contributed by atoms with E-state index in [9.17, 15) is 4.79 Å². The average molecular weight is 213 g/mol. The van der Waals surface area contributed by atoms with Crippen molar-refractivity contribution < 1.29 is 4.79 Å². The first kappa shape index (κ1) is 10.7. The molecular formula is C14H15NO. The standard InChI is InChI=1S/C14H15NO/c1-2-5-14(16)15-13-9-8-11-6-3-4-7-12(11)10-13/h3-4,6-10H,2,5H2,1H3,(H,15,16). The minimum absolute atomic E-state index is 0.0813. The average Bonchev–Trinajstić information content (AvgIpc) is 2.29. The third kappa shape index (κ3) is 2.40. The molecule has 2 heteroatoms. The van der Waals surface area contributed by atoms with Gasteiger partial charge in [0.1, 0.15) is 0 Å². The monoisotopic (exact) mass is 213 g/mol. The van der Waals surface area contributed by atoms with Crippen LogP contribution in [0.15, 0.2) is 42.5 Å². The van der Waals surface area contributed by atoms with Crippen molar-refractivity contribution in [1.82, 2.24) is 0 Å². The molecule has 0 spiro atoms. The van der Waals surface area contributed by atoms with Gasteiger partial charge in [0, 0.05) is 12.1 Å². The first-order valence-corrected chi connectivity index (χ1v) is 5.58. The summed E-state index contributed by atoms with van der Waals surface area (Å²) in [5.41, 5.74) is 0.872. The van der Waals surface area contributed by atoms with Gasteiger partial charge in [0.15, 0.2) is 0 Å². The van der Waals surface area contributed by atoms with Crippen molar-refractivity contribution in [2.45, 2.75) is 19.8 Å². The molecule has 0 heterocycles. The van der Waals surface area contributed by atoms with Crippen LogP contribution in [0.4, 0.5) is 5.69 Å². The molecule has 0 bridgehead atoms. The number of hydrogen-bond acceptors (Lipinski definition) is 1. The van der Waals surface area contributed by atoms with Crippen LogP contribution in [-0.2, 0) is 4.79 Å². The quantitative estimate of drug-likeness (QED) is 0.829. The predicted octanol–water partition coefficient (Wildman–Crippen LogP) is 3.58. The van der Waals surface area contributed by atoms with Crippen LogP contribution in [0.3, 0.4) is 0 Å². The van der Waals surface area contributed by atoms with Gasteiger partial charge in [-0.1, -0.05) is 37.3 Å². The topological polar surface area (TPSA) is 29.1 Å². The first-order chi connectivity index (χ1) is 7.79. The first-order valence-electron chi connectivity index (χ1n) is 5.58. The van der Waals surface area contributed by atoms with Gasteiger partial charge < -0.3 is 5.32 Å². The van der Waals surface area contributed by atoms with Crippen molar-refractivity contribution >= 4 is 22.4 Å². The maximum absolute atomic E-state index is 11.4. The lowest BCUT2D eigenvalue weighted by molar-refractivity contribution is -0.116. The Morgan fingerprint density at radius 3 is 2.62 bits per heavy atom. The van der Waals surface area contributed by atoms with E-state index in [2.05, 4.69) is 11.4 Å². The highest BCUT2D eigenvalue weighted by molar-refractivity contribution is 5.94. The van der Waals surface area contributed by atoms with Gasteiger partial charge in [0.05, 0.1) is 0 Å². The summed E-state index contributed by atoms with van der Waals surface area (Å²) < 4.78 is 0. The molecule has 0 unspecified atom stereocenters. The summed E-state index contributed by atoms with van der Waals surface area (Å²) in [5.74, 6) is 0.0813. The molecule has 0 atom stereocenters. The highest BCUT2D eigenvalue weighted by Gasteiger charge is 2.01. The van der Waals surface area contributed by atoms with Crippen molar-refractivity contribution in [2.75, 3.05) is 5.32 Å². The lowest BCUT2D eigenvalue weighted by Crippen LogP contribution is -2.10. The molecule has 82 valence electrons. The number of nitrogens with one attached hydrogen (secondary N) is 1. The third-order valence-electron chi connectivity index (χ3n) is 2.51. The van der Waals surface area contributed by atoms with Crippen LogP contribution >= 0.6 is 0 Å². The van der Waals surface area contributed by atoms with Crippen molar-refractivity contribution in [3.63, 3.8) is 0 Å². The van der Waals surface area contributed by atoms with E-state index in [1.807, 2.05) is 43.3 Å². The van der Waals surface area contributed by atoms with Crippen LogP contribution in [0.1, 0.15) is 19.8 Å². The van der Waals surface area contributed by atoms with Crippen molar-refractivity contribution in [3.05, 3.63) is 42.5 Å². The summed E-state index contributed by atoms with van der Waals surface area (Å²) in [6.45, 7) is 2.00. The van der Waals surface area contributed by atoms with Gasteiger partial charge in [-0.05, 0) is 29.3 Å². The maximum atomic E-state index is 11.4. The minimum atomic E-state index is 0.0813. The molecular weight excluding hydrogens is 198 g/mol. The Kier molecular flexibility index (Phi) is 3.20. The number of fused-ring (bicyclic) bond motifs is 1. The fraction of sp³-hybridized carbons (Fsp3) is 0.214. The van der Waals surface area contributed by atoms with E-state index in [1.165, 1.54) is 5.39 Å². The van der Waals surface area contributed by atoms with Gasteiger partial charge >= 0.3 is 0 Å². The molecule has 0 aromatic heterocycles. The number of anilines is 1. The molecule has 2 aromatic carbocycles. The number of rotatable bonds is 3. The van der Waals surface area contributed by atoms with E-state index in [1.54, 1.807) is 0 Å². The molecule has 0 fully saturated rings. The smallest absolute Gasteiger partial charge is 0.224 e. The molecule has 16 heavy (non-hydrogen) atoms. The molecule has 0 radical (unpaired) electrons. The lowest BCUT2D eigenvalue weighted by Gasteiger charge is -2.05. The summed E-state index contributed by atoms with van der Waals surface area (Å²) >= 11 is 0. The Balaban J connectivity index is 2.22. The molecule has 0 aliphatic carbocycles. The van der Waals surface area contributed by atoms with Crippen LogP contribution in [0.5, 0.6) is 0 Å². The second kappa shape index (κ2) is 4.79. The van der Waals surface area contributed by atoms with Gasteiger partial charge in [-0.3, -0.25) is 4.79 Å². The molecule has 2 aromatic rings. The number of benzene rings is 2. The van der Waals surface area contributed by atoms with Crippen LogP contribution in [0, 0.1) is 0 Å². The van der Waals surface area contributed by atoms with E-state index in [0.29, 0.717) is 6.42 Å². The summed E-state index contributed by atoms with van der Waals surface area (Å²) in [7, 11) is 0. The zero-order valence-electron chi connectivity index (χ0n) is 9.36. The maximum Gasteiger partial charge on any atom is 0.224 e. The highest BCUT2D eigenvalue weighted by atomic mass is 16.1. The van der Waals surface area contributed by atoms with Crippen molar-refractivity contribution in [2.24, 2.45) is 0 Å². The van der Waals surface area contributed by atoms with Crippen molar-refractivity contribution in [1.29, 1.82) is 0 Å². The Morgan fingerprint density at radius 2 is 1.88 bits per heavy atom. The van der Waals surface area contributed by atoms with Gasteiger partial charge in [0.2, 0.25) is 5.91 Å². The van der Waals surface area contributed by atoms with E-state index in [-0.39, 0.29) is 5.91 Å². The van der Waals surface area contributed by atoms with E-state index < -0.39 is 0 Å². The Bertz CT molecular complexity index is 505. The Labute approximate surface area is 95.3 Å². The molecule has 1 amide bonds. The molecule has 0 saturated heterocycles. The van der Waals surface area contributed by atoms with Gasteiger partial charge in [0.25, 0.3) is 0 Å². The largest absolute Gasteiger partial charge is 0.326 e. The van der Waals surface area contributed by atoms with Crippen LogP contribution in [-0.4, -0.2) is 5.91 Å². The van der Waals surface area contributed by atoms with Gasteiger partial charge in [-0.2, -0.15) is 0 Å². The summed E-state index contributed by atoms with van der Waals surface area (Å²) in [4.78, 5) is 11.4. The highest BCUT2D eigenvalue weighted by Crippen LogP contribution is 2.18. The minimum Gasteiger partial charge on any atom is -0.326 e. The number of carbonyl (C=O) groups is 1. The molecule has 0 saturated carbocycles. The van der Waals surface area contributed by atoms with Crippen LogP contribution < -0.4 is 5.32 Å². The molecule has 0 aliphatic rings. The van der Waals surface area contributed by atoms with E-state index >= 15 is 0 Å². The zero-order chi connectivity index (χ0) is 11.4. The molecule has 1 N–H and O–H groups in total. The van der Waals surface area contributed by atoms with E-state index in [4.69, 9.17) is 0 Å². The molecule has 2 rings (SSSR count). The Hall–Kier alpha value is -1.83.